The first kappa shape index (κ1) is 13.2. The number of aromatic amines is 1. The van der Waals surface area contributed by atoms with E-state index in [1.54, 1.807) is 0 Å². The number of ether oxygens (including phenoxy) is 1. The number of nitrogens with one attached hydrogen (secondary N) is 2. The normalized spacial score (nSPS) is 11.2. The molecule has 0 saturated carbocycles. The average Bonchev–Trinajstić information content (AvgIpc) is 2.82. The lowest BCUT2D eigenvalue weighted by Crippen LogP contribution is -2.20. The summed E-state index contributed by atoms with van der Waals surface area (Å²) >= 11 is 1.42. The Bertz CT molecular complexity index is 549. The van der Waals surface area contributed by atoms with E-state index in [4.69, 9.17) is 4.74 Å². The Morgan fingerprint density at radius 1 is 1.56 bits per heavy atom. The second-order valence-corrected chi connectivity index (χ2v) is 4.79. The van der Waals surface area contributed by atoms with E-state index in [0.717, 1.165) is 31.7 Å². The lowest BCUT2D eigenvalue weighted by molar-refractivity contribution is 0.144. The monoisotopic (exact) mass is 267 g/mol. The van der Waals surface area contributed by atoms with Crippen LogP contribution in [0.3, 0.4) is 0 Å². The van der Waals surface area contributed by atoms with Crippen molar-refractivity contribution in [1.29, 1.82) is 0 Å². The van der Waals surface area contributed by atoms with Crippen LogP contribution in [-0.4, -0.2) is 29.7 Å². The largest absolute Gasteiger partial charge is 0.382 e. The molecule has 98 valence electrons. The SMILES string of the molecule is CCOCCCNCc1nc2ccsc2c(=O)[nH]1. The first-order valence-electron chi connectivity index (χ1n) is 6.06. The Morgan fingerprint density at radius 3 is 3.28 bits per heavy atom. The van der Waals surface area contributed by atoms with Gasteiger partial charge in [-0.2, -0.15) is 0 Å². The number of hydrogen-bond donors (Lipinski definition) is 2. The molecular formula is C12H17N3O2S. The van der Waals surface area contributed by atoms with Gasteiger partial charge >= 0.3 is 0 Å². The van der Waals surface area contributed by atoms with Crippen molar-refractivity contribution >= 4 is 21.6 Å². The minimum absolute atomic E-state index is 0.0545. The van der Waals surface area contributed by atoms with Crippen molar-refractivity contribution in [2.24, 2.45) is 0 Å². The van der Waals surface area contributed by atoms with Gasteiger partial charge in [-0.1, -0.05) is 0 Å². The van der Waals surface area contributed by atoms with E-state index in [1.165, 1.54) is 11.3 Å². The second-order valence-electron chi connectivity index (χ2n) is 3.87. The maximum absolute atomic E-state index is 11.7. The molecule has 0 amide bonds. The summed E-state index contributed by atoms with van der Waals surface area (Å²) in [6, 6.07) is 1.87. The third kappa shape index (κ3) is 3.38. The molecule has 0 saturated heterocycles. The Hall–Kier alpha value is -1.24. The number of hydrogen-bond acceptors (Lipinski definition) is 5. The first-order valence-corrected chi connectivity index (χ1v) is 6.94. The summed E-state index contributed by atoms with van der Waals surface area (Å²) in [6.45, 7) is 4.93. The first-order chi connectivity index (χ1) is 8.81. The van der Waals surface area contributed by atoms with Crippen LogP contribution in [0.1, 0.15) is 19.2 Å². The van der Waals surface area contributed by atoms with Crippen molar-refractivity contribution in [3.05, 3.63) is 27.6 Å². The minimum atomic E-state index is -0.0545. The predicted octanol–water partition coefficient (Wildman–Crippen LogP) is 1.50. The summed E-state index contributed by atoms with van der Waals surface area (Å²) in [6.07, 6.45) is 0.957. The highest BCUT2D eigenvalue weighted by Gasteiger charge is 2.04. The molecule has 2 aromatic rings. The van der Waals surface area contributed by atoms with Crippen LogP contribution in [-0.2, 0) is 11.3 Å². The Labute approximate surface area is 109 Å². The van der Waals surface area contributed by atoms with E-state index < -0.39 is 0 Å². The number of H-pyrrole nitrogens is 1. The van der Waals surface area contributed by atoms with Crippen LogP contribution in [0.15, 0.2) is 16.2 Å². The van der Waals surface area contributed by atoms with E-state index in [2.05, 4.69) is 15.3 Å². The summed E-state index contributed by atoms with van der Waals surface area (Å²) in [5.41, 5.74) is 0.719. The second kappa shape index (κ2) is 6.63. The Balaban J connectivity index is 1.86. The van der Waals surface area contributed by atoms with Crippen molar-refractivity contribution in [3.63, 3.8) is 0 Å². The number of aromatic nitrogens is 2. The molecule has 18 heavy (non-hydrogen) atoms. The lowest BCUT2D eigenvalue weighted by Gasteiger charge is -2.04. The van der Waals surface area contributed by atoms with Gasteiger partial charge in [-0.25, -0.2) is 4.98 Å². The fourth-order valence-corrected chi connectivity index (χ4v) is 2.38. The number of rotatable bonds is 7. The van der Waals surface area contributed by atoms with Crippen molar-refractivity contribution in [1.82, 2.24) is 15.3 Å². The molecule has 0 spiro atoms. The summed E-state index contributed by atoms with van der Waals surface area (Å²) in [7, 11) is 0. The maximum atomic E-state index is 11.7. The third-order valence-electron chi connectivity index (χ3n) is 2.50. The van der Waals surface area contributed by atoms with Gasteiger partial charge in [0.2, 0.25) is 0 Å². The molecule has 2 aromatic heterocycles. The van der Waals surface area contributed by atoms with Gasteiger partial charge in [-0.05, 0) is 31.3 Å². The van der Waals surface area contributed by atoms with Gasteiger partial charge in [0.1, 0.15) is 10.5 Å². The molecule has 0 fully saturated rings. The van der Waals surface area contributed by atoms with Crippen LogP contribution in [0.4, 0.5) is 0 Å². The van der Waals surface area contributed by atoms with Crippen LogP contribution in [0, 0.1) is 0 Å². The fraction of sp³-hybridized carbons (Fsp3) is 0.500. The van der Waals surface area contributed by atoms with Gasteiger partial charge in [0.05, 0.1) is 12.1 Å². The molecule has 0 atom stereocenters. The van der Waals surface area contributed by atoms with Crippen molar-refractivity contribution in [2.45, 2.75) is 19.9 Å². The highest BCUT2D eigenvalue weighted by Crippen LogP contribution is 2.13. The van der Waals surface area contributed by atoms with Crippen LogP contribution in [0.25, 0.3) is 10.2 Å². The third-order valence-corrected chi connectivity index (χ3v) is 3.41. The molecule has 5 nitrogen and oxygen atoms in total. The van der Waals surface area contributed by atoms with E-state index >= 15 is 0 Å². The molecular weight excluding hydrogens is 250 g/mol. The van der Waals surface area contributed by atoms with Gasteiger partial charge in [-0.15, -0.1) is 11.3 Å². The minimum Gasteiger partial charge on any atom is -0.382 e. The van der Waals surface area contributed by atoms with Gasteiger partial charge in [0, 0.05) is 13.2 Å². The summed E-state index contributed by atoms with van der Waals surface area (Å²) in [5, 5.41) is 5.12. The van der Waals surface area contributed by atoms with Gasteiger partial charge in [0.15, 0.2) is 0 Å². The highest BCUT2D eigenvalue weighted by molar-refractivity contribution is 7.17. The topological polar surface area (TPSA) is 67.0 Å². The van der Waals surface area contributed by atoms with Crippen LogP contribution in [0.2, 0.25) is 0 Å². The van der Waals surface area contributed by atoms with Crippen LogP contribution >= 0.6 is 11.3 Å². The van der Waals surface area contributed by atoms with Gasteiger partial charge in [-0.3, -0.25) is 4.79 Å². The van der Waals surface area contributed by atoms with Gasteiger partial charge < -0.3 is 15.0 Å². The molecule has 0 aromatic carbocycles. The standard InChI is InChI=1S/C12H17N3O2S/c1-2-17-6-3-5-13-8-10-14-9-4-7-18-11(9)12(16)15-10/h4,7,13H,2-3,5-6,8H2,1H3,(H,14,15,16). The lowest BCUT2D eigenvalue weighted by atomic mass is 10.4. The molecule has 2 N–H and O–H groups in total. The molecule has 0 unspecified atom stereocenters. The van der Waals surface area contributed by atoms with Crippen molar-refractivity contribution in [2.75, 3.05) is 19.8 Å². The molecule has 0 aliphatic heterocycles. The van der Waals surface area contributed by atoms with Gasteiger partial charge in [0.25, 0.3) is 5.56 Å². The van der Waals surface area contributed by atoms with Crippen molar-refractivity contribution in [3.8, 4) is 0 Å². The molecule has 0 radical (unpaired) electrons. The van der Waals surface area contributed by atoms with E-state index in [9.17, 15) is 4.79 Å². The molecule has 2 rings (SSSR count). The quantitative estimate of drug-likeness (QED) is 0.746. The molecule has 0 bridgehead atoms. The summed E-state index contributed by atoms with van der Waals surface area (Å²) in [4.78, 5) is 18.9. The molecule has 2 heterocycles. The highest BCUT2D eigenvalue weighted by atomic mass is 32.1. The number of fused-ring (bicyclic) bond motifs is 1. The number of nitrogens with zero attached hydrogens (tertiary/aromatic N) is 1. The number of thiophene rings is 1. The van der Waals surface area contributed by atoms with E-state index in [1.807, 2.05) is 18.4 Å². The Morgan fingerprint density at radius 2 is 2.44 bits per heavy atom. The van der Waals surface area contributed by atoms with Crippen LogP contribution < -0.4 is 10.9 Å². The summed E-state index contributed by atoms with van der Waals surface area (Å²) < 4.78 is 5.93. The fourth-order valence-electron chi connectivity index (χ4n) is 1.66. The maximum Gasteiger partial charge on any atom is 0.268 e. The van der Waals surface area contributed by atoms with E-state index in [0.29, 0.717) is 17.1 Å². The van der Waals surface area contributed by atoms with Crippen LogP contribution in [0.5, 0.6) is 0 Å². The Kier molecular flexibility index (Phi) is 4.86. The zero-order valence-electron chi connectivity index (χ0n) is 10.4. The summed E-state index contributed by atoms with van der Waals surface area (Å²) in [5.74, 6) is 0.683. The smallest absolute Gasteiger partial charge is 0.268 e. The predicted molar refractivity (Wildman–Crippen MR) is 73.1 cm³/mol. The zero-order valence-corrected chi connectivity index (χ0v) is 11.2. The molecule has 0 aliphatic rings. The van der Waals surface area contributed by atoms with Crippen molar-refractivity contribution < 1.29 is 4.74 Å². The molecule has 6 heteroatoms. The van der Waals surface area contributed by atoms with E-state index in [-0.39, 0.29) is 5.56 Å². The molecule has 0 aliphatic carbocycles. The average molecular weight is 267 g/mol. The zero-order chi connectivity index (χ0) is 12.8.